The van der Waals surface area contributed by atoms with Gasteiger partial charge in [-0.1, -0.05) is 35.9 Å². The van der Waals surface area contributed by atoms with Crippen molar-refractivity contribution in [1.82, 2.24) is 0 Å². The predicted molar refractivity (Wildman–Crippen MR) is 43.3 cm³/mol. The molecule has 0 radical (unpaired) electrons. The van der Waals surface area contributed by atoms with Gasteiger partial charge in [-0.15, -0.1) is 0 Å². The maximum atomic E-state index is 10.4. The first-order valence-corrected chi connectivity index (χ1v) is 3.53. The van der Waals surface area contributed by atoms with E-state index in [0.29, 0.717) is 0 Å². The van der Waals surface area contributed by atoms with Gasteiger partial charge < -0.3 is 0 Å². The third-order valence-electron chi connectivity index (χ3n) is 1.11. The molecule has 1 aromatic carbocycles. The zero-order valence-corrected chi connectivity index (χ0v) is 7.01. The number of alkyl halides is 2. The third-order valence-corrected chi connectivity index (χ3v) is 1.11. The molecular weight excluding hydrogens is 181 g/mol. The van der Waals surface area contributed by atoms with Gasteiger partial charge in [0.25, 0.3) is 0 Å². The van der Waals surface area contributed by atoms with Gasteiger partial charge in [0, 0.05) is 0 Å². The first kappa shape index (κ1) is 11.7. The van der Waals surface area contributed by atoms with Crippen molar-refractivity contribution in [2.45, 2.75) is 13.3 Å². The van der Waals surface area contributed by atoms with E-state index in [9.17, 15) is 13.2 Å². The monoisotopic (exact) mass is 190 g/mol. The Hall–Kier alpha value is -1.32. The number of hydrogen-bond acceptors (Lipinski definition) is 1. The zero-order valence-electron chi connectivity index (χ0n) is 7.01. The molecule has 0 aromatic heterocycles. The van der Waals surface area contributed by atoms with Crippen LogP contribution < -0.4 is 0 Å². The molecule has 0 aliphatic heterocycles. The van der Waals surface area contributed by atoms with Gasteiger partial charge in [0.15, 0.2) is 0 Å². The van der Waals surface area contributed by atoms with E-state index >= 15 is 0 Å². The molecule has 0 heterocycles. The Balaban J connectivity index is 0.000000226. The summed E-state index contributed by atoms with van der Waals surface area (Å²) in [4.78, 5) is 8.73. The first-order chi connectivity index (χ1) is 6.04. The molecule has 0 unspecified atom stereocenters. The van der Waals surface area contributed by atoms with Crippen LogP contribution in [0.25, 0.3) is 0 Å². The summed E-state index contributed by atoms with van der Waals surface area (Å²) < 4.78 is 31.3. The van der Waals surface area contributed by atoms with E-state index in [0.717, 1.165) is 0 Å². The average Bonchev–Trinajstić information content (AvgIpc) is 2.06. The maximum Gasteiger partial charge on any atom is 0.367 e. The third kappa shape index (κ3) is 7.05. The smallest absolute Gasteiger partial charge is 0.254 e. The van der Waals surface area contributed by atoms with E-state index < -0.39 is 12.5 Å². The molecule has 0 saturated carbocycles. The standard InChI is InChI=1S/C7H8.C2HF3O/c1-7-5-3-2-4-6-7;3-1(4)2(5)6/h2-6H,1H3;1H. The Labute approximate surface area is 74.2 Å². The number of aryl methyl sites for hydroxylation is 1. The van der Waals surface area contributed by atoms with Crippen molar-refractivity contribution in [1.29, 1.82) is 0 Å². The molecule has 0 aliphatic rings. The highest BCUT2D eigenvalue weighted by Gasteiger charge is 2.11. The summed E-state index contributed by atoms with van der Waals surface area (Å²) in [5.41, 5.74) is 1.32. The van der Waals surface area contributed by atoms with Crippen LogP contribution in [0.5, 0.6) is 0 Å². The lowest BCUT2D eigenvalue weighted by molar-refractivity contribution is -0.140. The van der Waals surface area contributed by atoms with Crippen molar-refractivity contribution in [2.75, 3.05) is 0 Å². The fourth-order valence-corrected chi connectivity index (χ4v) is 0.534. The van der Waals surface area contributed by atoms with Crippen LogP contribution in [0.4, 0.5) is 13.2 Å². The van der Waals surface area contributed by atoms with Crippen molar-refractivity contribution in [3.8, 4) is 0 Å². The summed E-state index contributed by atoms with van der Waals surface area (Å²) in [7, 11) is 0. The highest BCUT2D eigenvalue weighted by molar-refractivity contribution is 5.71. The molecule has 1 aromatic rings. The Kier molecular flexibility index (Phi) is 5.59. The van der Waals surface area contributed by atoms with Crippen LogP contribution >= 0.6 is 0 Å². The molecule has 0 fully saturated rings. The Bertz CT molecular complexity index is 246. The van der Waals surface area contributed by atoms with Gasteiger partial charge in [-0.25, -0.2) is 0 Å². The Morgan fingerprint density at radius 1 is 1.23 bits per heavy atom. The number of carbonyl (C=O) groups excluding carboxylic acids is 1. The first-order valence-electron chi connectivity index (χ1n) is 3.53. The second-order valence-electron chi connectivity index (χ2n) is 2.26. The van der Waals surface area contributed by atoms with Crippen molar-refractivity contribution >= 4 is 6.04 Å². The van der Waals surface area contributed by atoms with Gasteiger partial charge >= 0.3 is 12.5 Å². The second kappa shape index (κ2) is 6.22. The summed E-state index contributed by atoms with van der Waals surface area (Å²) in [6, 6.07) is 7.69. The predicted octanol–water partition coefficient (Wildman–Crippen LogP) is 2.74. The Morgan fingerprint density at radius 3 is 1.77 bits per heavy atom. The summed E-state index contributed by atoms with van der Waals surface area (Å²) in [6.07, 6.45) is -3.45. The van der Waals surface area contributed by atoms with Gasteiger partial charge in [-0.05, 0) is 6.92 Å². The summed E-state index contributed by atoms with van der Waals surface area (Å²) in [6.45, 7) is 2.08. The molecule has 0 N–H and O–H groups in total. The number of benzene rings is 1. The largest absolute Gasteiger partial charge is 0.367 e. The molecule has 1 nitrogen and oxygen atoms in total. The van der Waals surface area contributed by atoms with Crippen LogP contribution in [0, 0.1) is 6.92 Å². The van der Waals surface area contributed by atoms with Gasteiger partial charge in [0.1, 0.15) is 0 Å². The van der Waals surface area contributed by atoms with Gasteiger partial charge in [-0.2, -0.15) is 13.2 Å². The van der Waals surface area contributed by atoms with Crippen LogP contribution in [0.2, 0.25) is 0 Å². The lowest BCUT2D eigenvalue weighted by atomic mass is 10.2. The fourth-order valence-electron chi connectivity index (χ4n) is 0.534. The van der Waals surface area contributed by atoms with Crippen LogP contribution in [-0.4, -0.2) is 12.5 Å². The molecule has 0 amide bonds. The Morgan fingerprint density at radius 2 is 1.62 bits per heavy atom. The lowest BCUT2D eigenvalue weighted by Gasteiger charge is -1.82. The van der Waals surface area contributed by atoms with Gasteiger partial charge in [0.2, 0.25) is 0 Å². The molecule has 0 atom stereocenters. The van der Waals surface area contributed by atoms with E-state index in [1.165, 1.54) is 5.56 Å². The summed E-state index contributed by atoms with van der Waals surface area (Å²) in [5, 5.41) is 0. The zero-order chi connectivity index (χ0) is 10.3. The molecule has 1 rings (SSSR count). The van der Waals surface area contributed by atoms with Gasteiger partial charge in [0.05, 0.1) is 0 Å². The minimum atomic E-state index is -3.45. The van der Waals surface area contributed by atoms with E-state index in [-0.39, 0.29) is 0 Å². The van der Waals surface area contributed by atoms with Crippen LogP contribution in [0.15, 0.2) is 30.3 Å². The van der Waals surface area contributed by atoms with Crippen molar-refractivity contribution < 1.29 is 18.0 Å². The van der Waals surface area contributed by atoms with Crippen molar-refractivity contribution in [2.24, 2.45) is 0 Å². The number of rotatable bonds is 1. The van der Waals surface area contributed by atoms with E-state index in [1.54, 1.807) is 0 Å². The second-order valence-corrected chi connectivity index (χ2v) is 2.26. The van der Waals surface area contributed by atoms with Crippen molar-refractivity contribution in [3.63, 3.8) is 0 Å². The molecule has 72 valence electrons. The molecule has 13 heavy (non-hydrogen) atoms. The minimum Gasteiger partial charge on any atom is -0.254 e. The normalized spacial score (nSPS) is 9.00. The molecular formula is C9H9F3O. The number of hydrogen-bond donors (Lipinski definition) is 0. The lowest BCUT2D eigenvalue weighted by Crippen LogP contribution is -2.00. The topological polar surface area (TPSA) is 17.1 Å². The summed E-state index contributed by atoms with van der Waals surface area (Å²) >= 11 is 0. The summed E-state index contributed by atoms with van der Waals surface area (Å²) in [5.74, 6) is 0. The highest BCUT2D eigenvalue weighted by Crippen LogP contribution is 1.92. The van der Waals surface area contributed by atoms with Crippen molar-refractivity contribution in [3.05, 3.63) is 35.9 Å². The SMILES string of the molecule is Cc1ccccc1.O=C(F)C(F)F. The van der Waals surface area contributed by atoms with E-state index in [1.807, 2.05) is 18.2 Å². The van der Waals surface area contributed by atoms with Crippen LogP contribution in [0.1, 0.15) is 5.56 Å². The van der Waals surface area contributed by atoms with E-state index in [2.05, 4.69) is 19.1 Å². The molecule has 0 saturated heterocycles. The molecule has 4 heteroatoms. The van der Waals surface area contributed by atoms with Gasteiger partial charge in [-0.3, -0.25) is 4.79 Å². The molecule has 0 aliphatic carbocycles. The number of halogens is 3. The quantitative estimate of drug-likeness (QED) is 0.622. The maximum absolute atomic E-state index is 10.4. The van der Waals surface area contributed by atoms with Crippen LogP contribution in [-0.2, 0) is 4.79 Å². The highest BCUT2D eigenvalue weighted by atomic mass is 19.3. The average molecular weight is 190 g/mol. The molecule has 0 spiro atoms. The minimum absolute atomic E-state index is 1.32. The van der Waals surface area contributed by atoms with Crippen LogP contribution in [0.3, 0.4) is 0 Å². The molecule has 0 bridgehead atoms. The van der Waals surface area contributed by atoms with E-state index in [4.69, 9.17) is 4.79 Å². The number of carbonyl (C=O) groups is 1. The fraction of sp³-hybridized carbons (Fsp3) is 0.222.